The number of carbonyl (C=O) groups is 2. The highest BCUT2D eigenvalue weighted by molar-refractivity contribution is 8.00. The third-order valence-electron chi connectivity index (χ3n) is 11.8. The number of aromatic nitrogens is 9. The van der Waals surface area contributed by atoms with Crippen LogP contribution < -0.4 is 48.5 Å². The van der Waals surface area contributed by atoms with E-state index in [1.54, 1.807) is 47.9 Å². The van der Waals surface area contributed by atoms with Gasteiger partial charge in [-0.1, -0.05) is 11.8 Å². The van der Waals surface area contributed by atoms with Crippen LogP contribution in [0.4, 0.5) is 11.6 Å². The smallest absolute Gasteiger partial charge is 0.276 e. The molecular weight excluding hydrogens is 995 g/mol. The summed E-state index contributed by atoms with van der Waals surface area (Å²) >= 11 is 6.13. The molecule has 0 bridgehead atoms. The summed E-state index contributed by atoms with van der Waals surface area (Å²) < 4.78 is 50.9. The fourth-order valence-corrected chi connectivity index (χ4v) is 11.9. The van der Waals surface area contributed by atoms with Gasteiger partial charge in [0.25, 0.3) is 11.8 Å². The number of anilines is 2. The molecule has 0 fully saturated rings. The molecule has 7 aromatic rings. The Kier molecular flexibility index (Phi) is 10.3. The maximum absolute atomic E-state index is 12.8. The molecule has 14 rings (SSSR count). The second-order valence-electron chi connectivity index (χ2n) is 16.2. The largest absolute Gasteiger partial charge is 0.489 e. The Hall–Kier alpha value is -7.35. The van der Waals surface area contributed by atoms with E-state index in [9.17, 15) is 9.59 Å². The lowest BCUT2D eigenvalue weighted by Crippen LogP contribution is -2.31. The molecule has 0 aliphatic carbocycles. The van der Waals surface area contributed by atoms with Crippen molar-refractivity contribution in [3.8, 4) is 91.7 Å². The molecule has 2 N–H and O–H groups in total. The Morgan fingerprint density at radius 2 is 1.27 bits per heavy atom. The highest BCUT2D eigenvalue weighted by Crippen LogP contribution is 2.58. The number of fused-ring (bicyclic) bond motifs is 7. The number of nitrogens with one attached hydrogen (secondary N) is 2. The summed E-state index contributed by atoms with van der Waals surface area (Å²) in [7, 11) is 0. The molecule has 2 atom stereocenters. The molecule has 354 valence electrons. The highest BCUT2D eigenvalue weighted by atomic mass is 32.2. The summed E-state index contributed by atoms with van der Waals surface area (Å²) in [6.45, 7) is 1.39. The number of thioether (sulfide) groups is 4. The minimum Gasteiger partial charge on any atom is -0.489 e. The van der Waals surface area contributed by atoms with Crippen LogP contribution in [0.25, 0.3) is 45.4 Å². The van der Waals surface area contributed by atoms with Crippen molar-refractivity contribution in [1.82, 2.24) is 45.3 Å². The van der Waals surface area contributed by atoms with Gasteiger partial charge in [-0.15, -0.1) is 55.7 Å². The number of rotatable bonds is 6. The molecule has 7 aliphatic rings. The lowest BCUT2D eigenvalue weighted by molar-refractivity contribution is -0.118. The molecule has 71 heavy (non-hydrogen) atoms. The van der Waals surface area contributed by atoms with Crippen molar-refractivity contribution in [2.45, 2.75) is 31.8 Å². The van der Waals surface area contributed by atoms with Gasteiger partial charge in [-0.2, -0.15) is 0 Å². The predicted octanol–water partition coefficient (Wildman–Crippen LogP) is 6.72. The number of hydrogen-bond donors (Lipinski definition) is 2. The van der Waals surface area contributed by atoms with Gasteiger partial charge >= 0.3 is 0 Å². The normalized spacial score (nSPS) is 18.9. The molecule has 0 saturated heterocycles. The van der Waals surface area contributed by atoms with Gasteiger partial charge in [0.05, 0.1) is 61.2 Å². The maximum Gasteiger partial charge on any atom is 0.276 e. The second kappa shape index (κ2) is 17.2. The molecule has 0 spiro atoms. The first kappa shape index (κ1) is 42.5. The number of hydrogen-bond acceptors (Lipinski definition) is 23. The summed E-state index contributed by atoms with van der Waals surface area (Å²) in [4.78, 5) is 54.1. The van der Waals surface area contributed by atoms with Crippen molar-refractivity contribution in [2.75, 3.05) is 66.9 Å². The van der Waals surface area contributed by atoms with E-state index < -0.39 is 12.2 Å². The topological polar surface area (TPSA) is 248 Å². The van der Waals surface area contributed by atoms with Crippen LogP contribution >= 0.6 is 47.0 Å². The minimum atomic E-state index is -1.10. The van der Waals surface area contributed by atoms with Crippen LogP contribution in [0.15, 0.2) is 74.3 Å². The van der Waals surface area contributed by atoms with Gasteiger partial charge in [0.1, 0.15) is 59.1 Å². The van der Waals surface area contributed by atoms with E-state index in [0.717, 1.165) is 25.3 Å². The average Bonchev–Trinajstić information content (AvgIpc) is 3.90. The summed E-state index contributed by atoms with van der Waals surface area (Å²) in [5, 5.41) is 24.1. The summed E-state index contributed by atoms with van der Waals surface area (Å²) in [6.07, 6.45) is -0.439. The van der Waals surface area contributed by atoms with Crippen molar-refractivity contribution in [3.63, 3.8) is 0 Å². The number of nitrogens with zero attached hydrogens (tertiary/aromatic N) is 9. The number of carbonyl (C=O) groups excluding carboxylic acids is 2. The van der Waals surface area contributed by atoms with Gasteiger partial charge in [-0.05, 0) is 42.5 Å². The molecule has 7 aliphatic heterocycles. The van der Waals surface area contributed by atoms with E-state index >= 15 is 0 Å². The van der Waals surface area contributed by atoms with Gasteiger partial charge in [0.15, 0.2) is 59.1 Å². The first-order valence-electron chi connectivity index (χ1n) is 22.1. The van der Waals surface area contributed by atoms with Crippen LogP contribution in [0.2, 0.25) is 0 Å². The Labute approximate surface area is 417 Å². The zero-order valence-corrected chi connectivity index (χ0v) is 39.7. The Morgan fingerprint density at radius 1 is 0.507 bits per heavy atom. The fraction of sp³-hybridized carbons (Fsp3) is 0.239. The molecule has 0 radical (unpaired) electrons. The van der Waals surface area contributed by atoms with Gasteiger partial charge in [-0.3, -0.25) is 14.6 Å². The Bertz CT molecular complexity index is 3450. The summed E-state index contributed by atoms with van der Waals surface area (Å²) in [5.74, 6) is 4.71. The molecule has 2 unspecified atom stereocenters. The molecule has 2 amide bonds. The molecular formula is C46H31N11O10S4. The average molecular weight is 1030 g/mol. The molecule has 21 nitrogen and oxygen atoms in total. The van der Waals surface area contributed by atoms with Crippen LogP contribution in [0.5, 0.6) is 46.3 Å². The molecule has 14 heterocycles. The predicted molar refractivity (Wildman–Crippen MR) is 256 cm³/mol. The van der Waals surface area contributed by atoms with Crippen LogP contribution in [-0.4, -0.2) is 113 Å². The molecule has 0 aromatic carbocycles. The third-order valence-corrected chi connectivity index (χ3v) is 15.7. The molecule has 0 saturated carbocycles. The van der Waals surface area contributed by atoms with E-state index in [1.165, 1.54) is 23.5 Å². The van der Waals surface area contributed by atoms with E-state index in [0.29, 0.717) is 106 Å². The fourth-order valence-electron chi connectivity index (χ4n) is 8.74. The van der Waals surface area contributed by atoms with E-state index in [1.807, 2.05) is 30.3 Å². The van der Waals surface area contributed by atoms with Crippen molar-refractivity contribution in [3.05, 3.63) is 66.1 Å². The van der Waals surface area contributed by atoms with Gasteiger partial charge in [0.2, 0.25) is 11.8 Å². The first-order valence-corrected chi connectivity index (χ1v) is 26.0. The number of amides is 2. The van der Waals surface area contributed by atoms with Crippen molar-refractivity contribution in [2.24, 2.45) is 0 Å². The van der Waals surface area contributed by atoms with Crippen LogP contribution in [-0.2, 0) is 9.59 Å². The number of ether oxygens (including phenoxy) is 8. The molecule has 7 aromatic heterocycles. The van der Waals surface area contributed by atoms with Crippen LogP contribution in [0.1, 0.15) is 23.6 Å². The Balaban J connectivity index is 1.05. The standard InChI is InChI=1S/C46H31N11O10S4/c58-30-16-64-24-3-1-19(49-43(24)51-30)38-37(20-2-4-27-44(50-20)52-31(59)17-70-27)66-41-32(21-13-25-45(56-54-21)62-8-7-60-25)35(53-34(42(41)67-38)23-15-29-46(57-55-23)63-10-12-69-29)36-40-28(71-18-65-40)14-22(48-36)33-39-26(5-6-47-33)68-11-9-61-39/h1-6,13-15,37-38H,7-12,16-18H2,(H,49,51,58)(H,50,52,59). The van der Waals surface area contributed by atoms with Crippen molar-refractivity contribution >= 4 is 70.5 Å². The van der Waals surface area contributed by atoms with Crippen LogP contribution in [0.3, 0.4) is 0 Å². The SMILES string of the molecule is O=C1COc2ccc(C3Oc4c(-c5cc6c(nn5)OCCS6)nc(-c5nc(-c6nccc7c6OCCS7)cc6c5OCS6)c(-c5cc6c(nn5)OCCO6)c4OC3c3ccc4c(n3)NC(=O)CS4)nc2N1. The summed E-state index contributed by atoms with van der Waals surface area (Å²) in [6, 6.07) is 14.5. The van der Waals surface area contributed by atoms with Crippen molar-refractivity contribution in [1.29, 1.82) is 0 Å². The van der Waals surface area contributed by atoms with E-state index in [4.69, 9.17) is 67.9 Å². The lowest BCUT2D eigenvalue weighted by Gasteiger charge is -2.36. The van der Waals surface area contributed by atoms with Gasteiger partial charge in [-0.25, -0.2) is 19.9 Å². The lowest BCUT2D eigenvalue weighted by atomic mass is 9.98. The monoisotopic (exact) mass is 1030 g/mol. The summed E-state index contributed by atoms with van der Waals surface area (Å²) in [5.41, 5.74) is 3.45. The van der Waals surface area contributed by atoms with Crippen molar-refractivity contribution < 1.29 is 47.5 Å². The quantitative estimate of drug-likeness (QED) is 0.175. The minimum absolute atomic E-state index is 0.131. The third kappa shape index (κ3) is 7.47. The zero-order chi connectivity index (χ0) is 47.2. The maximum atomic E-state index is 12.8. The van der Waals surface area contributed by atoms with E-state index in [2.05, 4.69) is 25.9 Å². The first-order chi connectivity index (χ1) is 35.0. The molecule has 25 heteroatoms. The number of pyridine rings is 5. The van der Waals surface area contributed by atoms with Crippen LogP contribution in [0, 0.1) is 0 Å². The van der Waals surface area contributed by atoms with E-state index in [-0.39, 0.29) is 71.1 Å². The Morgan fingerprint density at radius 3 is 2.20 bits per heavy atom. The second-order valence-corrected chi connectivity index (χ2v) is 20.5. The van der Waals surface area contributed by atoms with Gasteiger partial charge < -0.3 is 48.5 Å². The zero-order valence-electron chi connectivity index (χ0n) is 36.5. The highest BCUT2D eigenvalue weighted by Gasteiger charge is 2.44. The van der Waals surface area contributed by atoms with Gasteiger partial charge in [0, 0.05) is 23.8 Å².